The lowest BCUT2D eigenvalue weighted by molar-refractivity contribution is -0.168. The van der Waals surface area contributed by atoms with Crippen LogP contribution in [0.3, 0.4) is 0 Å². The summed E-state index contributed by atoms with van der Waals surface area (Å²) in [5.74, 6) is -4.27. The van der Waals surface area contributed by atoms with Gasteiger partial charge in [-0.3, -0.25) is 0 Å². The predicted octanol–water partition coefficient (Wildman–Crippen LogP) is 3.45. The van der Waals surface area contributed by atoms with E-state index in [4.69, 9.17) is 0 Å². The first kappa shape index (κ1) is 12.5. The molecule has 0 unspecified atom stereocenters. The van der Waals surface area contributed by atoms with Gasteiger partial charge in [-0.1, -0.05) is 6.07 Å². The molecule has 1 nitrogen and oxygen atoms in total. The highest BCUT2D eigenvalue weighted by atomic mass is 79.9. The van der Waals surface area contributed by atoms with Crippen LogP contribution in [0, 0.1) is 5.82 Å². The molecule has 1 rings (SSSR count). The molecular formula is C10H10BrF3O. The summed E-state index contributed by atoms with van der Waals surface area (Å²) in [4.78, 5) is 0. The molecular weight excluding hydrogens is 273 g/mol. The van der Waals surface area contributed by atoms with Gasteiger partial charge in [-0.2, -0.15) is 8.78 Å². The Morgan fingerprint density at radius 2 is 1.80 bits per heavy atom. The Kier molecular flexibility index (Phi) is 3.16. The maximum absolute atomic E-state index is 13.5. The highest BCUT2D eigenvalue weighted by Crippen LogP contribution is 2.39. The predicted molar refractivity (Wildman–Crippen MR) is 54.3 cm³/mol. The van der Waals surface area contributed by atoms with E-state index in [1.165, 1.54) is 6.07 Å². The fourth-order valence-electron chi connectivity index (χ4n) is 1.04. The van der Waals surface area contributed by atoms with Crippen LogP contribution in [0.15, 0.2) is 22.7 Å². The Balaban J connectivity index is 3.22. The summed E-state index contributed by atoms with van der Waals surface area (Å²) in [5.41, 5.74) is -2.77. The van der Waals surface area contributed by atoms with Crippen molar-refractivity contribution < 1.29 is 18.3 Å². The smallest absolute Gasteiger partial charge is 0.300 e. The average molecular weight is 283 g/mol. The minimum atomic E-state index is -3.49. The van der Waals surface area contributed by atoms with Crippen LogP contribution in [0.25, 0.3) is 0 Å². The second-order valence-corrected chi connectivity index (χ2v) is 4.62. The molecule has 0 aliphatic rings. The molecule has 84 valence electrons. The van der Waals surface area contributed by atoms with Crippen LogP contribution in [0.1, 0.15) is 19.4 Å². The molecule has 0 fully saturated rings. The van der Waals surface area contributed by atoms with Gasteiger partial charge in [0.2, 0.25) is 0 Å². The Morgan fingerprint density at radius 1 is 1.27 bits per heavy atom. The third kappa shape index (κ3) is 2.34. The summed E-state index contributed by atoms with van der Waals surface area (Å²) in [5, 5.41) is 9.27. The van der Waals surface area contributed by atoms with Crippen molar-refractivity contribution in [3.05, 3.63) is 34.1 Å². The van der Waals surface area contributed by atoms with E-state index in [1.807, 2.05) is 0 Å². The van der Waals surface area contributed by atoms with Crippen molar-refractivity contribution in [3.8, 4) is 0 Å². The zero-order valence-electron chi connectivity index (χ0n) is 8.19. The fourth-order valence-corrected chi connectivity index (χ4v) is 1.29. The normalized spacial score (nSPS) is 13.0. The van der Waals surface area contributed by atoms with E-state index in [0.29, 0.717) is 6.07 Å². The minimum Gasteiger partial charge on any atom is -0.384 e. The van der Waals surface area contributed by atoms with Gasteiger partial charge in [0, 0.05) is 5.56 Å². The lowest BCUT2D eigenvalue weighted by atomic mass is 9.93. The standard InChI is InChI=1S/C10H10BrF3O/c1-9(2,15)10(13,14)6-3-4-7(11)8(12)5-6/h3-5,15H,1-2H3. The van der Waals surface area contributed by atoms with E-state index in [2.05, 4.69) is 15.9 Å². The Morgan fingerprint density at radius 3 is 2.20 bits per heavy atom. The second kappa shape index (κ2) is 3.79. The molecule has 0 atom stereocenters. The Hall–Kier alpha value is -0.550. The molecule has 0 bridgehead atoms. The molecule has 0 heterocycles. The zero-order valence-corrected chi connectivity index (χ0v) is 9.78. The van der Waals surface area contributed by atoms with Crippen LogP contribution < -0.4 is 0 Å². The Labute approximate surface area is 94.0 Å². The van der Waals surface area contributed by atoms with E-state index >= 15 is 0 Å². The molecule has 0 aliphatic carbocycles. The lowest BCUT2D eigenvalue weighted by Crippen LogP contribution is -2.40. The summed E-state index contributed by atoms with van der Waals surface area (Å²) in [6.07, 6.45) is 0. The Bertz CT molecular complexity index is 371. The number of hydrogen-bond acceptors (Lipinski definition) is 1. The molecule has 1 aromatic rings. The molecule has 5 heteroatoms. The summed E-state index contributed by atoms with van der Waals surface area (Å²) >= 11 is 2.86. The van der Waals surface area contributed by atoms with Gasteiger partial charge in [-0.15, -0.1) is 0 Å². The summed E-state index contributed by atoms with van der Waals surface area (Å²) in [6, 6.07) is 2.97. The van der Waals surface area contributed by atoms with Crippen LogP contribution in [0.5, 0.6) is 0 Å². The maximum atomic E-state index is 13.5. The van der Waals surface area contributed by atoms with Crippen LogP contribution in [-0.2, 0) is 5.92 Å². The van der Waals surface area contributed by atoms with Gasteiger partial charge in [-0.25, -0.2) is 4.39 Å². The molecule has 0 radical (unpaired) electrons. The second-order valence-electron chi connectivity index (χ2n) is 3.76. The molecule has 0 aromatic heterocycles. The van der Waals surface area contributed by atoms with Crippen LogP contribution in [0.2, 0.25) is 0 Å². The molecule has 0 amide bonds. The molecule has 0 saturated heterocycles. The monoisotopic (exact) mass is 282 g/mol. The van der Waals surface area contributed by atoms with E-state index in [9.17, 15) is 18.3 Å². The van der Waals surface area contributed by atoms with E-state index in [0.717, 1.165) is 19.9 Å². The summed E-state index contributed by atoms with van der Waals surface area (Å²) in [6.45, 7) is 1.96. The van der Waals surface area contributed by atoms with Gasteiger partial charge >= 0.3 is 5.92 Å². The maximum Gasteiger partial charge on any atom is 0.300 e. The first-order valence-electron chi connectivity index (χ1n) is 4.22. The first-order valence-corrected chi connectivity index (χ1v) is 5.01. The molecule has 0 spiro atoms. The number of alkyl halides is 2. The summed E-state index contributed by atoms with van der Waals surface area (Å²) < 4.78 is 40.2. The van der Waals surface area contributed by atoms with Crippen molar-refractivity contribution >= 4 is 15.9 Å². The van der Waals surface area contributed by atoms with Gasteiger partial charge in [0.1, 0.15) is 11.4 Å². The number of halogens is 4. The van der Waals surface area contributed by atoms with E-state index < -0.39 is 22.9 Å². The molecule has 0 aliphatic heterocycles. The highest BCUT2D eigenvalue weighted by Gasteiger charge is 2.47. The lowest BCUT2D eigenvalue weighted by Gasteiger charge is -2.29. The minimum absolute atomic E-state index is 0.109. The largest absolute Gasteiger partial charge is 0.384 e. The van der Waals surface area contributed by atoms with Crippen LogP contribution >= 0.6 is 15.9 Å². The molecule has 1 aromatic carbocycles. The van der Waals surface area contributed by atoms with Crippen molar-refractivity contribution in [1.82, 2.24) is 0 Å². The van der Waals surface area contributed by atoms with Crippen LogP contribution in [-0.4, -0.2) is 10.7 Å². The van der Waals surface area contributed by atoms with Gasteiger partial charge in [-0.05, 0) is 41.9 Å². The average Bonchev–Trinajstić information content (AvgIpc) is 2.07. The third-order valence-corrected chi connectivity index (χ3v) is 2.69. The van der Waals surface area contributed by atoms with E-state index in [1.54, 1.807) is 0 Å². The van der Waals surface area contributed by atoms with Crippen molar-refractivity contribution in [2.75, 3.05) is 0 Å². The number of benzene rings is 1. The van der Waals surface area contributed by atoms with Crippen molar-refractivity contribution in [2.24, 2.45) is 0 Å². The third-order valence-electron chi connectivity index (χ3n) is 2.05. The topological polar surface area (TPSA) is 20.2 Å². The van der Waals surface area contributed by atoms with Crippen LogP contribution in [0.4, 0.5) is 13.2 Å². The first-order chi connectivity index (χ1) is 6.66. The number of rotatable bonds is 2. The SMILES string of the molecule is CC(C)(O)C(F)(F)c1ccc(Br)c(F)c1. The quantitative estimate of drug-likeness (QED) is 0.881. The molecule has 15 heavy (non-hydrogen) atoms. The fraction of sp³-hybridized carbons (Fsp3) is 0.400. The van der Waals surface area contributed by atoms with Crippen molar-refractivity contribution in [3.63, 3.8) is 0 Å². The van der Waals surface area contributed by atoms with Crippen molar-refractivity contribution in [1.29, 1.82) is 0 Å². The van der Waals surface area contributed by atoms with Crippen molar-refractivity contribution in [2.45, 2.75) is 25.4 Å². The molecule has 0 saturated carbocycles. The zero-order chi connectivity index (χ0) is 11.9. The van der Waals surface area contributed by atoms with Gasteiger partial charge in [0.05, 0.1) is 4.47 Å². The van der Waals surface area contributed by atoms with Gasteiger partial charge in [0.15, 0.2) is 0 Å². The highest BCUT2D eigenvalue weighted by molar-refractivity contribution is 9.10. The summed E-state index contributed by atoms with van der Waals surface area (Å²) in [7, 11) is 0. The van der Waals surface area contributed by atoms with Gasteiger partial charge in [0.25, 0.3) is 0 Å². The van der Waals surface area contributed by atoms with Gasteiger partial charge < -0.3 is 5.11 Å². The molecule has 1 N–H and O–H groups in total. The number of aliphatic hydroxyl groups is 1. The van der Waals surface area contributed by atoms with E-state index in [-0.39, 0.29) is 4.47 Å². The number of hydrogen-bond donors (Lipinski definition) is 1.